The molecule has 3 rings (SSSR count). The fourth-order valence-electron chi connectivity index (χ4n) is 1.94. The molecule has 0 saturated heterocycles. The molecule has 2 heterocycles. The van der Waals surface area contributed by atoms with Gasteiger partial charge in [-0.3, -0.25) is 4.79 Å². The van der Waals surface area contributed by atoms with Gasteiger partial charge in [0.1, 0.15) is 5.69 Å². The van der Waals surface area contributed by atoms with Crippen LogP contribution in [-0.4, -0.2) is 21.6 Å². The molecule has 1 amide bonds. The van der Waals surface area contributed by atoms with Crippen LogP contribution in [0.25, 0.3) is 11.5 Å². The lowest BCUT2D eigenvalue weighted by atomic mass is 10.2. The van der Waals surface area contributed by atoms with Crippen LogP contribution in [0.2, 0.25) is 0 Å². The lowest BCUT2D eigenvalue weighted by molar-refractivity contribution is -0.113. The molecule has 0 saturated carbocycles. The van der Waals surface area contributed by atoms with Crippen molar-refractivity contribution in [2.75, 3.05) is 11.1 Å². The average Bonchev–Trinajstić information content (AvgIpc) is 3.10. The number of nitrogens with zero attached hydrogens (tertiary/aromatic N) is 2. The monoisotopic (exact) mass is 325 g/mol. The minimum absolute atomic E-state index is 0.0918. The fourth-order valence-corrected chi connectivity index (χ4v) is 2.57. The topological polar surface area (TPSA) is 68.0 Å². The van der Waals surface area contributed by atoms with E-state index in [1.807, 2.05) is 37.3 Å². The summed E-state index contributed by atoms with van der Waals surface area (Å²) in [4.78, 5) is 20.5. The van der Waals surface area contributed by atoms with Crippen molar-refractivity contribution < 1.29 is 9.21 Å². The number of thioether (sulfide) groups is 1. The highest BCUT2D eigenvalue weighted by Crippen LogP contribution is 2.20. The standard InChI is InChI=1S/C17H15N3O2S/c1-12-4-6-13(7-5-12)19-16(21)11-23-17-18-9-8-14(20-17)15-3-2-10-22-15/h2-10H,11H2,1H3,(H,19,21). The molecule has 0 aliphatic carbocycles. The molecule has 116 valence electrons. The first-order chi connectivity index (χ1) is 11.2. The van der Waals surface area contributed by atoms with Gasteiger partial charge in [-0.1, -0.05) is 29.5 Å². The molecule has 0 aliphatic heterocycles. The summed E-state index contributed by atoms with van der Waals surface area (Å²) in [6, 6.07) is 13.1. The summed E-state index contributed by atoms with van der Waals surface area (Å²) >= 11 is 1.29. The van der Waals surface area contributed by atoms with Gasteiger partial charge in [0.05, 0.1) is 12.0 Å². The Kier molecular flexibility index (Phi) is 4.73. The lowest BCUT2D eigenvalue weighted by Gasteiger charge is -2.05. The third kappa shape index (κ3) is 4.20. The van der Waals surface area contributed by atoms with Crippen LogP contribution in [0.15, 0.2) is 64.5 Å². The Morgan fingerprint density at radius 3 is 2.78 bits per heavy atom. The number of rotatable bonds is 5. The number of anilines is 1. The van der Waals surface area contributed by atoms with E-state index in [0.29, 0.717) is 16.6 Å². The van der Waals surface area contributed by atoms with Gasteiger partial charge in [0.2, 0.25) is 5.91 Å². The normalized spacial score (nSPS) is 10.5. The van der Waals surface area contributed by atoms with Crippen LogP contribution in [0.5, 0.6) is 0 Å². The summed E-state index contributed by atoms with van der Waals surface area (Å²) in [5, 5.41) is 3.39. The second kappa shape index (κ2) is 7.11. The Morgan fingerprint density at radius 2 is 2.04 bits per heavy atom. The van der Waals surface area contributed by atoms with Crippen molar-refractivity contribution in [3.8, 4) is 11.5 Å². The summed E-state index contributed by atoms with van der Waals surface area (Å²) < 4.78 is 5.31. The highest BCUT2D eigenvalue weighted by Gasteiger charge is 2.08. The summed E-state index contributed by atoms with van der Waals surface area (Å²) in [5.74, 6) is 0.833. The van der Waals surface area contributed by atoms with Crippen LogP contribution in [0, 0.1) is 6.92 Å². The average molecular weight is 325 g/mol. The van der Waals surface area contributed by atoms with Crippen LogP contribution >= 0.6 is 11.8 Å². The van der Waals surface area contributed by atoms with E-state index >= 15 is 0 Å². The zero-order valence-corrected chi connectivity index (χ0v) is 13.3. The van der Waals surface area contributed by atoms with Crippen molar-refractivity contribution >= 4 is 23.4 Å². The Morgan fingerprint density at radius 1 is 1.22 bits per heavy atom. The van der Waals surface area contributed by atoms with Gasteiger partial charge >= 0.3 is 0 Å². The maximum Gasteiger partial charge on any atom is 0.234 e. The van der Waals surface area contributed by atoms with Crippen molar-refractivity contribution in [2.24, 2.45) is 0 Å². The van der Waals surface area contributed by atoms with Gasteiger partial charge in [0, 0.05) is 11.9 Å². The third-order valence-electron chi connectivity index (χ3n) is 3.07. The van der Waals surface area contributed by atoms with Gasteiger partial charge in [0.25, 0.3) is 0 Å². The molecular formula is C17H15N3O2S. The predicted octanol–water partition coefficient (Wildman–Crippen LogP) is 3.78. The molecule has 0 fully saturated rings. The van der Waals surface area contributed by atoms with E-state index in [9.17, 15) is 4.79 Å². The van der Waals surface area contributed by atoms with E-state index in [1.165, 1.54) is 11.8 Å². The molecule has 2 aromatic heterocycles. The molecule has 0 aliphatic rings. The van der Waals surface area contributed by atoms with E-state index in [0.717, 1.165) is 11.3 Å². The number of hydrogen-bond acceptors (Lipinski definition) is 5. The highest BCUT2D eigenvalue weighted by molar-refractivity contribution is 7.99. The lowest BCUT2D eigenvalue weighted by Crippen LogP contribution is -2.14. The molecule has 3 aromatic rings. The SMILES string of the molecule is Cc1ccc(NC(=O)CSc2nccc(-c3ccco3)n2)cc1. The molecule has 0 bridgehead atoms. The van der Waals surface area contributed by atoms with Gasteiger partial charge in [-0.25, -0.2) is 9.97 Å². The maximum absolute atomic E-state index is 12.0. The van der Waals surface area contributed by atoms with Crippen molar-refractivity contribution in [3.63, 3.8) is 0 Å². The molecule has 0 radical (unpaired) electrons. The number of aryl methyl sites for hydroxylation is 1. The van der Waals surface area contributed by atoms with Crippen molar-refractivity contribution in [3.05, 3.63) is 60.5 Å². The number of benzene rings is 1. The van der Waals surface area contributed by atoms with Gasteiger partial charge in [0.15, 0.2) is 10.9 Å². The predicted molar refractivity (Wildman–Crippen MR) is 90.3 cm³/mol. The second-order valence-electron chi connectivity index (χ2n) is 4.90. The van der Waals surface area contributed by atoms with Crippen molar-refractivity contribution in [1.29, 1.82) is 0 Å². The van der Waals surface area contributed by atoms with Crippen LogP contribution in [-0.2, 0) is 4.79 Å². The van der Waals surface area contributed by atoms with Crippen molar-refractivity contribution in [2.45, 2.75) is 12.1 Å². The molecule has 0 unspecified atom stereocenters. The molecule has 1 aromatic carbocycles. The Labute approximate surface area is 138 Å². The quantitative estimate of drug-likeness (QED) is 0.571. The number of furan rings is 1. The van der Waals surface area contributed by atoms with E-state index in [2.05, 4.69) is 15.3 Å². The molecule has 5 nitrogen and oxygen atoms in total. The van der Waals surface area contributed by atoms with Gasteiger partial charge in [-0.2, -0.15) is 0 Å². The smallest absolute Gasteiger partial charge is 0.234 e. The first-order valence-electron chi connectivity index (χ1n) is 7.07. The van der Waals surface area contributed by atoms with E-state index in [-0.39, 0.29) is 11.7 Å². The second-order valence-corrected chi connectivity index (χ2v) is 5.85. The van der Waals surface area contributed by atoms with E-state index < -0.39 is 0 Å². The Hall–Kier alpha value is -2.60. The van der Waals surface area contributed by atoms with E-state index in [4.69, 9.17) is 4.42 Å². The minimum Gasteiger partial charge on any atom is -0.463 e. The number of nitrogens with one attached hydrogen (secondary N) is 1. The molecule has 6 heteroatoms. The number of carbonyl (C=O) groups is 1. The molecule has 0 atom stereocenters. The first-order valence-corrected chi connectivity index (χ1v) is 8.05. The van der Waals surface area contributed by atoms with Gasteiger partial charge in [-0.15, -0.1) is 0 Å². The fraction of sp³-hybridized carbons (Fsp3) is 0.118. The number of carbonyl (C=O) groups excluding carboxylic acids is 1. The molecule has 0 spiro atoms. The maximum atomic E-state index is 12.0. The Bertz CT molecular complexity index is 786. The molecule has 23 heavy (non-hydrogen) atoms. The zero-order valence-electron chi connectivity index (χ0n) is 12.5. The highest BCUT2D eigenvalue weighted by atomic mass is 32.2. The summed E-state index contributed by atoms with van der Waals surface area (Å²) in [6.07, 6.45) is 3.25. The van der Waals surface area contributed by atoms with Crippen LogP contribution in [0.4, 0.5) is 5.69 Å². The van der Waals surface area contributed by atoms with Crippen LogP contribution < -0.4 is 5.32 Å². The number of hydrogen-bond donors (Lipinski definition) is 1. The number of amides is 1. The van der Waals surface area contributed by atoms with Crippen LogP contribution in [0.1, 0.15) is 5.56 Å². The van der Waals surface area contributed by atoms with E-state index in [1.54, 1.807) is 24.6 Å². The van der Waals surface area contributed by atoms with Crippen LogP contribution in [0.3, 0.4) is 0 Å². The summed E-state index contributed by atoms with van der Waals surface area (Å²) in [6.45, 7) is 2.00. The molecule has 1 N–H and O–H groups in total. The number of aromatic nitrogens is 2. The third-order valence-corrected chi connectivity index (χ3v) is 3.94. The van der Waals surface area contributed by atoms with Gasteiger partial charge < -0.3 is 9.73 Å². The summed E-state index contributed by atoms with van der Waals surface area (Å²) in [7, 11) is 0. The largest absolute Gasteiger partial charge is 0.463 e. The van der Waals surface area contributed by atoms with Gasteiger partial charge in [-0.05, 0) is 37.3 Å². The molecular weight excluding hydrogens is 310 g/mol. The summed E-state index contributed by atoms with van der Waals surface area (Å²) in [5.41, 5.74) is 2.64. The minimum atomic E-state index is -0.0918. The zero-order chi connectivity index (χ0) is 16.1. The van der Waals surface area contributed by atoms with Crippen molar-refractivity contribution in [1.82, 2.24) is 9.97 Å². The Balaban J connectivity index is 1.58. The first kappa shape index (κ1) is 15.3.